The molecule has 2 aromatic carbocycles. The molecule has 8 heteroatoms. The van der Waals surface area contributed by atoms with E-state index in [-0.39, 0.29) is 11.5 Å². The van der Waals surface area contributed by atoms with Gasteiger partial charge in [-0.05, 0) is 98.8 Å². The van der Waals surface area contributed by atoms with Gasteiger partial charge in [0.15, 0.2) is 0 Å². The van der Waals surface area contributed by atoms with E-state index in [2.05, 4.69) is 4.90 Å². The zero-order chi connectivity index (χ0) is 30.6. The Morgan fingerprint density at radius 3 is 2.48 bits per heavy atom. The molecule has 44 heavy (non-hydrogen) atoms. The second-order valence-corrected chi connectivity index (χ2v) is 12.3. The molecule has 226 valence electrons. The van der Waals surface area contributed by atoms with E-state index in [0.717, 1.165) is 59.8 Å². The first-order valence-electron chi connectivity index (χ1n) is 15.7. The van der Waals surface area contributed by atoms with Crippen LogP contribution in [0.15, 0.2) is 83.9 Å². The normalized spacial score (nSPS) is 16.4. The van der Waals surface area contributed by atoms with Crippen LogP contribution < -0.4 is 10.3 Å². The summed E-state index contributed by atoms with van der Waals surface area (Å²) in [4.78, 5) is 25.0. The van der Waals surface area contributed by atoms with Crippen LogP contribution in [0.3, 0.4) is 0 Å². The van der Waals surface area contributed by atoms with Gasteiger partial charge in [-0.2, -0.15) is 0 Å². The summed E-state index contributed by atoms with van der Waals surface area (Å²) in [5.41, 5.74) is 3.15. The summed E-state index contributed by atoms with van der Waals surface area (Å²) in [6.45, 7) is 6.49. The minimum absolute atomic E-state index is 0.0835. The van der Waals surface area contributed by atoms with Crippen molar-refractivity contribution in [1.82, 2.24) is 19.4 Å². The van der Waals surface area contributed by atoms with E-state index >= 15 is 0 Å². The Kier molecular flexibility index (Phi) is 8.79. The van der Waals surface area contributed by atoms with E-state index in [9.17, 15) is 4.79 Å². The van der Waals surface area contributed by atoms with Gasteiger partial charge < -0.3 is 25.0 Å². The molecule has 6 rings (SSSR count). The highest BCUT2D eigenvalue weighted by atomic mass is 16.5. The first kappa shape index (κ1) is 29.6. The topological polar surface area (TPSA) is 108 Å². The van der Waals surface area contributed by atoms with Gasteiger partial charge in [0, 0.05) is 53.1 Å². The summed E-state index contributed by atoms with van der Waals surface area (Å²) in [5.74, 6) is 2.61. The molecule has 0 radical (unpaired) electrons. The number of hydrogen-bond acceptors (Lipinski definition) is 7. The third-order valence-electron chi connectivity index (χ3n) is 8.95. The summed E-state index contributed by atoms with van der Waals surface area (Å²) in [5, 5.41) is 17.3. The number of pyridine rings is 1. The number of hydrogen-bond donors (Lipinski definition) is 2. The lowest BCUT2D eigenvalue weighted by atomic mass is 9.87. The van der Waals surface area contributed by atoms with Crippen LogP contribution in [0.2, 0.25) is 0 Å². The molecule has 0 spiro atoms. The van der Waals surface area contributed by atoms with Gasteiger partial charge in [0.1, 0.15) is 17.3 Å². The van der Waals surface area contributed by atoms with Gasteiger partial charge >= 0.3 is 0 Å². The Hall–Kier alpha value is -4.43. The van der Waals surface area contributed by atoms with E-state index in [4.69, 9.17) is 25.5 Å². The molecule has 8 nitrogen and oxygen atoms in total. The van der Waals surface area contributed by atoms with Crippen molar-refractivity contribution < 1.29 is 4.74 Å². The van der Waals surface area contributed by atoms with E-state index in [1.54, 1.807) is 35.0 Å². The number of likely N-dealkylation sites (tertiary alicyclic amines) is 1. The number of ether oxygens (including phenoxy) is 1. The van der Waals surface area contributed by atoms with Crippen LogP contribution in [0.5, 0.6) is 11.5 Å². The van der Waals surface area contributed by atoms with E-state index in [1.807, 2.05) is 62.5 Å². The van der Waals surface area contributed by atoms with E-state index in [1.165, 1.54) is 19.3 Å². The molecule has 1 saturated heterocycles. The highest BCUT2D eigenvalue weighted by Crippen LogP contribution is 2.34. The van der Waals surface area contributed by atoms with Gasteiger partial charge in [0.25, 0.3) is 5.56 Å². The Balaban J connectivity index is 1.26. The van der Waals surface area contributed by atoms with Crippen molar-refractivity contribution in [3.05, 3.63) is 106 Å². The summed E-state index contributed by atoms with van der Waals surface area (Å²) < 4.78 is 8.09. The fourth-order valence-corrected chi connectivity index (χ4v) is 5.88. The number of allylic oxidation sites excluding steroid dienone is 2. The second-order valence-electron chi connectivity index (χ2n) is 12.3. The van der Waals surface area contributed by atoms with Gasteiger partial charge in [-0.1, -0.05) is 26.3 Å². The van der Waals surface area contributed by atoms with Crippen molar-refractivity contribution in [2.24, 2.45) is 5.92 Å². The molecule has 1 aliphatic heterocycles. The average molecular weight is 589 g/mol. The third-order valence-corrected chi connectivity index (χ3v) is 8.95. The Morgan fingerprint density at radius 1 is 1.02 bits per heavy atom. The van der Waals surface area contributed by atoms with Gasteiger partial charge in [0.2, 0.25) is 0 Å². The van der Waals surface area contributed by atoms with Crippen molar-refractivity contribution in [1.29, 1.82) is 10.8 Å². The molecule has 3 heterocycles. The standard InChI is InChI=1S/C36H40N6O2/c1-24(2)31(37)13-14-32(38)25-9-11-30(12-10-25)44-34-21-33-27(20-28(34)23-42-17-4-3-8-35(42)43)22-39-36(40-33)26-15-18-41(19-16-26)29-6-5-7-29/h3-4,8-14,17,20-22,24,26,29,37-38H,5-7,15-16,18-19,23H2,1-2H3/b14-13-,37-31?,38-32?. The number of piperidine rings is 1. The molecule has 2 fully saturated rings. The SMILES string of the molecule is CC(C)C(=N)/C=C\C(=N)c1ccc(Oc2cc3nc(C4CCN(C5CCC5)CC4)ncc3cc2Cn2ccccc2=O)cc1. The third kappa shape index (κ3) is 6.70. The molecule has 1 aliphatic carbocycles. The van der Waals surface area contributed by atoms with E-state index in [0.29, 0.717) is 35.4 Å². The maximum absolute atomic E-state index is 12.6. The molecule has 2 aliphatic rings. The molecule has 1 saturated carbocycles. The number of benzene rings is 2. The number of aromatic nitrogens is 3. The van der Waals surface area contributed by atoms with Gasteiger partial charge in [-0.3, -0.25) is 4.79 Å². The summed E-state index contributed by atoms with van der Waals surface area (Å²) in [6, 6.07) is 17.3. The van der Waals surface area contributed by atoms with Crippen LogP contribution >= 0.6 is 0 Å². The lowest BCUT2D eigenvalue weighted by Crippen LogP contribution is -2.44. The van der Waals surface area contributed by atoms with Crippen LogP contribution in [0.25, 0.3) is 10.9 Å². The first-order chi connectivity index (χ1) is 21.3. The lowest BCUT2D eigenvalue weighted by molar-refractivity contribution is 0.0964. The van der Waals surface area contributed by atoms with Crippen molar-refractivity contribution >= 4 is 22.3 Å². The molecule has 2 aromatic heterocycles. The predicted octanol–water partition coefficient (Wildman–Crippen LogP) is 6.96. The highest BCUT2D eigenvalue weighted by Gasteiger charge is 2.30. The lowest BCUT2D eigenvalue weighted by Gasteiger charge is -2.41. The fourth-order valence-electron chi connectivity index (χ4n) is 5.88. The maximum Gasteiger partial charge on any atom is 0.250 e. The summed E-state index contributed by atoms with van der Waals surface area (Å²) >= 11 is 0. The van der Waals surface area contributed by atoms with Gasteiger partial charge in [-0.25, -0.2) is 9.97 Å². The predicted molar refractivity (Wildman–Crippen MR) is 176 cm³/mol. The summed E-state index contributed by atoms with van der Waals surface area (Å²) in [6.07, 6.45) is 13.2. The quantitative estimate of drug-likeness (QED) is 0.195. The van der Waals surface area contributed by atoms with Crippen molar-refractivity contribution in [3.8, 4) is 11.5 Å². The second kappa shape index (κ2) is 13.1. The number of nitrogens with zero attached hydrogens (tertiary/aromatic N) is 4. The Labute approximate surface area is 258 Å². The highest BCUT2D eigenvalue weighted by molar-refractivity contribution is 6.10. The monoisotopic (exact) mass is 588 g/mol. The Morgan fingerprint density at radius 2 is 1.80 bits per heavy atom. The van der Waals surface area contributed by atoms with E-state index < -0.39 is 0 Å². The number of rotatable bonds is 10. The minimum atomic E-state index is -0.0835. The smallest absolute Gasteiger partial charge is 0.250 e. The van der Waals surface area contributed by atoms with Crippen LogP contribution in [-0.4, -0.2) is 50.0 Å². The van der Waals surface area contributed by atoms with Crippen molar-refractivity contribution in [3.63, 3.8) is 0 Å². The van der Waals surface area contributed by atoms with Crippen LogP contribution in [0, 0.1) is 16.7 Å². The molecule has 0 atom stereocenters. The molecule has 4 aromatic rings. The Bertz CT molecular complexity index is 1740. The van der Waals surface area contributed by atoms with Gasteiger partial charge in [0.05, 0.1) is 17.8 Å². The largest absolute Gasteiger partial charge is 0.457 e. The molecular formula is C36H40N6O2. The molecule has 0 bridgehead atoms. The zero-order valence-corrected chi connectivity index (χ0v) is 25.5. The first-order valence-corrected chi connectivity index (χ1v) is 15.7. The average Bonchev–Trinajstić information content (AvgIpc) is 3.00. The zero-order valence-electron chi connectivity index (χ0n) is 25.5. The van der Waals surface area contributed by atoms with Crippen molar-refractivity contribution in [2.45, 2.75) is 64.5 Å². The van der Waals surface area contributed by atoms with Crippen LogP contribution in [0.4, 0.5) is 0 Å². The van der Waals surface area contributed by atoms with Crippen LogP contribution in [-0.2, 0) is 6.54 Å². The number of nitrogens with one attached hydrogen (secondary N) is 2. The van der Waals surface area contributed by atoms with Gasteiger partial charge in [-0.15, -0.1) is 0 Å². The summed E-state index contributed by atoms with van der Waals surface area (Å²) in [7, 11) is 0. The molecule has 0 unspecified atom stereocenters. The van der Waals surface area contributed by atoms with Crippen LogP contribution in [0.1, 0.15) is 68.8 Å². The van der Waals surface area contributed by atoms with Crippen molar-refractivity contribution in [2.75, 3.05) is 13.1 Å². The maximum atomic E-state index is 12.6. The molecule has 2 N–H and O–H groups in total. The molecule has 0 amide bonds. The number of fused-ring (bicyclic) bond motifs is 1. The fraction of sp³-hybridized carbons (Fsp3) is 0.361. The minimum Gasteiger partial charge on any atom is -0.457 e. The molecular weight excluding hydrogens is 548 g/mol.